The molecule has 1 saturated heterocycles. The van der Waals surface area contributed by atoms with E-state index in [1.807, 2.05) is 13.8 Å². The molecule has 0 bridgehead atoms. The summed E-state index contributed by atoms with van der Waals surface area (Å²) in [4.78, 5) is 17.6. The summed E-state index contributed by atoms with van der Waals surface area (Å²) in [5.74, 6) is -1.18. The van der Waals surface area contributed by atoms with Gasteiger partial charge in [0.15, 0.2) is 21.2 Å². The second-order valence-corrected chi connectivity index (χ2v) is 11.1. The number of ether oxygens (including phenoxy) is 1. The van der Waals surface area contributed by atoms with E-state index >= 15 is 0 Å². The zero-order valence-electron chi connectivity index (χ0n) is 17.8. The van der Waals surface area contributed by atoms with Crippen LogP contribution in [0.1, 0.15) is 46.7 Å². The lowest BCUT2D eigenvalue weighted by atomic mass is 10.1. The quantitative estimate of drug-likeness (QED) is 0.763. The molecule has 11 heteroatoms. The lowest BCUT2D eigenvalue weighted by Gasteiger charge is -2.19. The summed E-state index contributed by atoms with van der Waals surface area (Å²) < 4.78 is 50.5. The predicted octanol–water partition coefficient (Wildman–Crippen LogP) is 3.60. The number of hydroxylamine groups is 2. The molecular weight excluding hydrogens is 417 g/mol. The normalized spacial score (nSPS) is 19.9. The summed E-state index contributed by atoms with van der Waals surface area (Å²) >= 11 is 0. The number of hydrogen-bond donors (Lipinski definition) is 1. The SMILES string of the molecule is CN1OC(C)(C)CC1S(=O)(=O)Cc1noc2cc(F)c(NC(=O)OC(C)(C)C)cc12. The molecule has 30 heavy (non-hydrogen) atoms. The first-order valence-corrected chi connectivity index (χ1v) is 11.1. The average Bonchev–Trinajstić information content (AvgIpc) is 3.05. The Balaban J connectivity index is 1.88. The van der Waals surface area contributed by atoms with Crippen LogP contribution in [0.15, 0.2) is 16.7 Å². The number of nitrogens with one attached hydrogen (secondary N) is 1. The van der Waals surface area contributed by atoms with Crippen molar-refractivity contribution >= 4 is 32.6 Å². The first-order chi connectivity index (χ1) is 13.7. The van der Waals surface area contributed by atoms with Gasteiger partial charge in [0.1, 0.15) is 16.7 Å². The lowest BCUT2D eigenvalue weighted by Crippen LogP contribution is -2.33. The van der Waals surface area contributed by atoms with Gasteiger partial charge < -0.3 is 9.26 Å². The molecule has 1 amide bonds. The van der Waals surface area contributed by atoms with Gasteiger partial charge in [0.25, 0.3) is 0 Å². The second kappa shape index (κ2) is 7.47. The Labute approximate surface area is 174 Å². The van der Waals surface area contributed by atoms with Gasteiger partial charge in [-0.05, 0) is 40.7 Å². The van der Waals surface area contributed by atoms with Crippen LogP contribution in [0, 0.1) is 5.82 Å². The van der Waals surface area contributed by atoms with E-state index in [9.17, 15) is 17.6 Å². The minimum absolute atomic E-state index is 0.0730. The van der Waals surface area contributed by atoms with Crippen molar-refractivity contribution in [3.8, 4) is 0 Å². The number of rotatable bonds is 4. The Bertz CT molecular complexity index is 1070. The summed E-state index contributed by atoms with van der Waals surface area (Å²) in [6.07, 6.45) is -0.542. The third-order valence-electron chi connectivity index (χ3n) is 4.49. The van der Waals surface area contributed by atoms with E-state index in [-0.39, 0.29) is 22.4 Å². The molecule has 0 saturated carbocycles. The number of nitrogens with zero attached hydrogens (tertiary/aromatic N) is 2. The third-order valence-corrected chi connectivity index (χ3v) is 6.45. The Kier molecular flexibility index (Phi) is 5.59. The third kappa shape index (κ3) is 4.90. The molecular formula is C19H26FN3O6S. The maximum Gasteiger partial charge on any atom is 0.412 e. The molecule has 1 aromatic carbocycles. The molecule has 1 atom stereocenters. The van der Waals surface area contributed by atoms with Crippen molar-refractivity contribution in [3.05, 3.63) is 23.6 Å². The summed E-state index contributed by atoms with van der Waals surface area (Å²) in [5, 5.41) is 6.90. The van der Waals surface area contributed by atoms with Gasteiger partial charge in [-0.25, -0.2) is 17.6 Å². The number of anilines is 1. The van der Waals surface area contributed by atoms with Crippen LogP contribution in [-0.2, 0) is 25.2 Å². The minimum Gasteiger partial charge on any atom is -0.444 e. The molecule has 3 rings (SSSR count). The van der Waals surface area contributed by atoms with Crippen LogP contribution in [0.25, 0.3) is 11.0 Å². The number of benzene rings is 1. The molecule has 1 fully saturated rings. The molecule has 0 aliphatic carbocycles. The molecule has 166 valence electrons. The van der Waals surface area contributed by atoms with E-state index < -0.39 is 44.1 Å². The van der Waals surface area contributed by atoms with Crippen molar-refractivity contribution < 1.29 is 31.7 Å². The van der Waals surface area contributed by atoms with Crippen LogP contribution in [0.4, 0.5) is 14.9 Å². The number of amides is 1. The van der Waals surface area contributed by atoms with E-state index in [1.54, 1.807) is 27.8 Å². The van der Waals surface area contributed by atoms with Crippen LogP contribution >= 0.6 is 0 Å². The molecule has 1 N–H and O–H groups in total. The van der Waals surface area contributed by atoms with Gasteiger partial charge in [-0.2, -0.15) is 5.06 Å². The van der Waals surface area contributed by atoms with E-state index in [2.05, 4.69) is 10.5 Å². The van der Waals surface area contributed by atoms with Crippen molar-refractivity contribution in [3.63, 3.8) is 0 Å². The Morgan fingerprint density at radius 3 is 2.63 bits per heavy atom. The molecule has 0 spiro atoms. The van der Waals surface area contributed by atoms with Crippen molar-refractivity contribution in [2.24, 2.45) is 0 Å². The first kappa shape index (κ1) is 22.4. The Morgan fingerprint density at radius 1 is 1.40 bits per heavy atom. The molecule has 1 aliphatic rings. The molecule has 2 aromatic rings. The van der Waals surface area contributed by atoms with Crippen LogP contribution in [0.2, 0.25) is 0 Å². The van der Waals surface area contributed by atoms with Crippen LogP contribution in [-0.4, -0.2) is 48.4 Å². The van der Waals surface area contributed by atoms with Gasteiger partial charge in [0.05, 0.1) is 17.0 Å². The minimum atomic E-state index is -3.69. The monoisotopic (exact) mass is 443 g/mol. The maximum absolute atomic E-state index is 14.3. The van der Waals surface area contributed by atoms with Gasteiger partial charge in [0.2, 0.25) is 0 Å². The van der Waals surface area contributed by atoms with E-state index in [0.29, 0.717) is 6.42 Å². The standard InChI is InChI=1S/C19H26FN3O6S/c1-18(2,3)27-17(24)21-13-7-11-14(22-28-15(11)8-12(13)20)10-30(25,26)16-9-19(4,5)29-23(16)6/h7-8,16H,9-10H2,1-6H3,(H,21,24). The number of sulfone groups is 1. The Hall–Kier alpha value is -2.24. The largest absolute Gasteiger partial charge is 0.444 e. The van der Waals surface area contributed by atoms with Gasteiger partial charge in [0, 0.05) is 24.9 Å². The van der Waals surface area contributed by atoms with Gasteiger partial charge >= 0.3 is 6.09 Å². The van der Waals surface area contributed by atoms with Crippen LogP contribution < -0.4 is 5.32 Å². The number of aromatic nitrogens is 1. The number of carbonyl (C=O) groups is 1. The zero-order valence-corrected chi connectivity index (χ0v) is 18.6. The van der Waals surface area contributed by atoms with Gasteiger partial charge in [-0.1, -0.05) is 5.16 Å². The average molecular weight is 443 g/mol. The van der Waals surface area contributed by atoms with Crippen LogP contribution in [0.5, 0.6) is 0 Å². The molecule has 0 radical (unpaired) electrons. The zero-order chi connectivity index (χ0) is 22.5. The maximum atomic E-state index is 14.3. The molecule has 1 aromatic heterocycles. The molecule has 1 unspecified atom stereocenters. The van der Waals surface area contributed by atoms with Crippen molar-refractivity contribution in [2.45, 2.75) is 63.4 Å². The summed E-state index contributed by atoms with van der Waals surface area (Å²) in [6, 6.07) is 2.33. The highest BCUT2D eigenvalue weighted by Crippen LogP contribution is 2.34. The van der Waals surface area contributed by atoms with Gasteiger partial charge in [-0.3, -0.25) is 10.2 Å². The fourth-order valence-electron chi connectivity index (χ4n) is 3.30. The highest BCUT2D eigenvalue weighted by Gasteiger charge is 2.44. The number of hydrogen-bond acceptors (Lipinski definition) is 8. The van der Waals surface area contributed by atoms with E-state index in [0.717, 1.165) is 6.07 Å². The van der Waals surface area contributed by atoms with E-state index in [1.165, 1.54) is 11.1 Å². The highest BCUT2D eigenvalue weighted by molar-refractivity contribution is 7.91. The van der Waals surface area contributed by atoms with Crippen molar-refractivity contribution in [2.75, 3.05) is 12.4 Å². The summed E-state index contributed by atoms with van der Waals surface area (Å²) in [5.41, 5.74) is -1.34. The Morgan fingerprint density at radius 2 is 2.07 bits per heavy atom. The number of carbonyl (C=O) groups excluding carboxylic acids is 1. The highest BCUT2D eigenvalue weighted by atomic mass is 32.2. The molecule has 2 heterocycles. The van der Waals surface area contributed by atoms with E-state index in [4.69, 9.17) is 14.1 Å². The topological polar surface area (TPSA) is 111 Å². The first-order valence-electron chi connectivity index (χ1n) is 9.38. The second-order valence-electron chi connectivity index (χ2n) is 8.95. The predicted molar refractivity (Wildman–Crippen MR) is 108 cm³/mol. The lowest BCUT2D eigenvalue weighted by molar-refractivity contribution is -0.168. The number of fused-ring (bicyclic) bond motifs is 1. The molecule has 1 aliphatic heterocycles. The van der Waals surface area contributed by atoms with Crippen molar-refractivity contribution in [1.82, 2.24) is 10.2 Å². The summed E-state index contributed by atoms with van der Waals surface area (Å²) in [7, 11) is -2.13. The fraction of sp³-hybridized carbons (Fsp3) is 0.579. The van der Waals surface area contributed by atoms with Crippen molar-refractivity contribution in [1.29, 1.82) is 0 Å². The molecule has 9 nitrogen and oxygen atoms in total. The number of halogens is 1. The smallest absolute Gasteiger partial charge is 0.412 e. The van der Waals surface area contributed by atoms with Crippen LogP contribution in [0.3, 0.4) is 0 Å². The van der Waals surface area contributed by atoms with Gasteiger partial charge in [-0.15, -0.1) is 0 Å². The summed E-state index contributed by atoms with van der Waals surface area (Å²) in [6.45, 7) is 8.66. The fourth-order valence-corrected chi connectivity index (χ4v) is 5.23.